The van der Waals surface area contributed by atoms with Gasteiger partial charge in [0.1, 0.15) is 46.0 Å². The number of phenolic OH excluding ortho intramolecular Hbond substituents is 2. The van der Waals surface area contributed by atoms with E-state index in [9.17, 15) is 10.2 Å². The predicted octanol–water partition coefficient (Wildman–Crippen LogP) is 26.2. The van der Waals surface area contributed by atoms with Crippen LogP contribution in [-0.4, -0.2) is 75.9 Å². The van der Waals surface area contributed by atoms with Crippen molar-refractivity contribution < 1.29 is 67.4 Å². The number of ether oxygens (including phenoxy) is 6. The van der Waals surface area contributed by atoms with Crippen molar-refractivity contribution in [3.05, 3.63) is 411 Å². The lowest BCUT2D eigenvalue weighted by Crippen LogP contribution is -2.19. The summed E-state index contributed by atoms with van der Waals surface area (Å²) in [5.74, 6) is -3.60. The molecule has 0 fully saturated rings. The van der Waals surface area contributed by atoms with E-state index in [2.05, 4.69) is 196 Å². The Bertz CT molecular complexity index is 6480. The first-order valence-electron chi connectivity index (χ1n) is 49.1. The van der Waals surface area contributed by atoms with Crippen LogP contribution in [0.15, 0.2) is 244 Å². The number of esters is 6. The number of hydrogen-bond donors (Lipinski definition) is 2. The number of aromatic nitrogens is 6. The topological polar surface area (TPSA) is 276 Å². The third-order valence-corrected chi connectivity index (χ3v) is 26.5. The van der Waals surface area contributed by atoms with Crippen LogP contribution >= 0.6 is 0 Å². The number of nitrogens with zero attached hydrogens (tertiary/aromatic N) is 6. The minimum atomic E-state index is -0.731. The highest BCUT2D eigenvalue weighted by atomic mass is 16.6. The van der Waals surface area contributed by atoms with E-state index in [4.69, 9.17) is 28.4 Å². The first-order chi connectivity index (χ1) is 67.7. The summed E-state index contributed by atoms with van der Waals surface area (Å²) >= 11 is 0. The third kappa shape index (κ3) is 24.2. The van der Waals surface area contributed by atoms with E-state index >= 15 is 28.8 Å². The number of aromatic hydroxyl groups is 2. The summed E-state index contributed by atoms with van der Waals surface area (Å²) in [6.45, 7) is 50.3. The molecule has 0 radical (unpaired) electrons. The normalized spacial score (nSPS) is 13.0. The van der Waals surface area contributed by atoms with Crippen molar-refractivity contribution in [3.8, 4) is 46.0 Å². The van der Waals surface area contributed by atoms with E-state index in [1.807, 2.05) is 97.1 Å². The Kier molecular flexibility index (Phi) is 29.3. The number of fused-ring (bicyclic) bond motifs is 16. The second kappa shape index (κ2) is 40.8. The van der Waals surface area contributed by atoms with Gasteiger partial charge in [0, 0.05) is 192 Å². The van der Waals surface area contributed by atoms with Gasteiger partial charge in [-0.25, -0.2) is 28.8 Å². The van der Waals surface area contributed by atoms with Crippen molar-refractivity contribution in [1.29, 1.82) is 0 Å². The lowest BCUT2D eigenvalue weighted by Gasteiger charge is -2.28. The van der Waals surface area contributed by atoms with Gasteiger partial charge in [-0.1, -0.05) is 263 Å². The van der Waals surface area contributed by atoms with Gasteiger partial charge in [0.2, 0.25) is 0 Å². The summed E-state index contributed by atoms with van der Waals surface area (Å²) in [7, 11) is 0. The molecule has 6 heterocycles. The molecule has 144 heavy (non-hydrogen) atoms. The fourth-order valence-corrected chi connectivity index (χ4v) is 17.9. The summed E-state index contributed by atoms with van der Waals surface area (Å²) < 4.78 is 42.1. The fraction of sp³-hybridized carbons (Fsp3) is 0.323. The van der Waals surface area contributed by atoms with Crippen LogP contribution < -0.4 is 28.4 Å². The van der Waals surface area contributed by atoms with Crippen molar-refractivity contribution in [1.82, 2.24) is 29.9 Å². The van der Waals surface area contributed by atoms with Gasteiger partial charge in [-0.15, -0.1) is 0 Å². The van der Waals surface area contributed by atoms with Gasteiger partial charge in [-0.05, 0) is 183 Å². The van der Waals surface area contributed by atoms with Crippen LogP contribution in [0, 0.1) is 0 Å². The maximum atomic E-state index is 15.6. The van der Waals surface area contributed by atoms with E-state index in [-0.39, 0.29) is 131 Å². The maximum Gasteiger partial charge on any atom is 0.345 e. The molecule has 1 aliphatic rings. The quantitative estimate of drug-likeness (QED) is 0.0849. The van der Waals surface area contributed by atoms with Gasteiger partial charge < -0.3 is 38.6 Å². The molecule has 1 aliphatic carbocycles. The van der Waals surface area contributed by atoms with Gasteiger partial charge in [-0.2, -0.15) is 0 Å². The molecule has 20 heteroatoms. The Hall–Kier alpha value is -14.9. The molecular formula is C124H130N6O14. The average Bonchev–Trinajstić information content (AvgIpc) is 0.761. The van der Waals surface area contributed by atoms with Crippen molar-refractivity contribution in [2.45, 2.75) is 261 Å². The monoisotopic (exact) mass is 1930 g/mol. The van der Waals surface area contributed by atoms with Crippen LogP contribution in [0.25, 0.3) is 0 Å². The molecule has 8 aromatic carbocycles. The zero-order valence-corrected chi connectivity index (χ0v) is 87.2. The summed E-state index contributed by atoms with van der Waals surface area (Å²) in [5.41, 5.74) is 10.5. The van der Waals surface area contributed by atoms with Crippen LogP contribution in [0.3, 0.4) is 0 Å². The van der Waals surface area contributed by atoms with Gasteiger partial charge in [-0.3, -0.25) is 29.9 Å². The maximum absolute atomic E-state index is 15.6. The summed E-state index contributed by atoms with van der Waals surface area (Å²) in [6.07, 6.45) is 17.7. The number of carbonyl (C=O) groups excluding carboxylic acids is 6. The summed E-state index contributed by atoms with van der Waals surface area (Å²) in [5, 5.41) is 27.9. The Balaban J connectivity index is 1.09. The zero-order valence-electron chi connectivity index (χ0n) is 87.2. The second-order valence-electron chi connectivity index (χ2n) is 46.2. The van der Waals surface area contributed by atoms with Crippen molar-refractivity contribution in [2.24, 2.45) is 0 Å². The summed E-state index contributed by atoms with van der Waals surface area (Å²) in [4.78, 5) is 119. The molecule has 14 aromatic rings. The second-order valence-corrected chi connectivity index (χ2v) is 46.2. The minimum absolute atomic E-state index is 0.0442. The number of hydrogen-bond acceptors (Lipinski definition) is 20. The molecule has 0 saturated heterocycles. The van der Waals surface area contributed by atoms with Crippen LogP contribution in [0.4, 0.5) is 0 Å². The number of phenols is 2. The fourth-order valence-electron chi connectivity index (χ4n) is 17.9. The van der Waals surface area contributed by atoms with Crippen LogP contribution in [0.5, 0.6) is 46.0 Å². The van der Waals surface area contributed by atoms with Crippen molar-refractivity contribution in [2.75, 3.05) is 0 Å². The smallest absolute Gasteiger partial charge is 0.345 e. The molecule has 15 rings (SSSR count). The minimum Gasteiger partial charge on any atom is -0.507 e. The number of rotatable bonds is 12. The number of carbonyl (C=O) groups is 6. The highest BCUT2D eigenvalue weighted by Gasteiger charge is 2.37. The Morgan fingerprint density at radius 1 is 0.194 bits per heavy atom. The van der Waals surface area contributed by atoms with Crippen molar-refractivity contribution in [3.63, 3.8) is 0 Å². The Morgan fingerprint density at radius 2 is 0.306 bits per heavy atom. The highest BCUT2D eigenvalue weighted by molar-refractivity contribution is 5.95. The Labute approximate surface area is 846 Å². The van der Waals surface area contributed by atoms with Crippen LogP contribution in [-0.2, 0) is 94.7 Å². The van der Waals surface area contributed by atoms with Gasteiger partial charge in [0.05, 0.1) is 33.4 Å². The van der Waals surface area contributed by atoms with E-state index in [0.29, 0.717) is 89.0 Å². The first-order valence-corrected chi connectivity index (χ1v) is 49.1. The lowest BCUT2D eigenvalue weighted by atomic mass is 9.79. The predicted molar refractivity (Wildman–Crippen MR) is 562 cm³/mol. The van der Waals surface area contributed by atoms with Crippen LogP contribution in [0.2, 0.25) is 0 Å². The summed E-state index contributed by atoms with van der Waals surface area (Å²) in [6, 6.07) is 52.0. The van der Waals surface area contributed by atoms with Gasteiger partial charge in [0.15, 0.2) is 0 Å². The average molecular weight is 1930 g/mol. The zero-order chi connectivity index (χ0) is 104. The van der Waals surface area contributed by atoms with E-state index in [1.54, 1.807) is 110 Å². The molecule has 0 saturated carbocycles. The molecule has 16 bridgehead atoms. The third-order valence-electron chi connectivity index (χ3n) is 26.5. The number of pyridine rings is 6. The molecule has 0 aliphatic heterocycles. The highest BCUT2D eigenvalue weighted by Crippen LogP contribution is 2.50. The molecule has 20 nitrogen and oxygen atoms in total. The number of benzene rings is 8. The molecular weight excluding hydrogens is 1800 g/mol. The molecule has 740 valence electrons. The SMILES string of the molecule is CC(C)(C)c1cc2c(O)c(c1)Cc1cc(C(C)(C)C)cc(c1OC(=O)c1cccnc1)Cc1cc(C(C)(C)C)cc(c1OC(=O)c1cccnc1)Cc1cc(C(C)(C)C)cc(c1OC(=O)c1cccnc1)Cc1cc(C(C)(C)C)cc(c1O)Cc1cc(C(C)(C)C)cc(c1OC(=O)c1cccnc1)Cc1cc(C(C)(C)C)cc(c1OC(=O)c1cccnc1)Cc1cc(C(C)(C)C)cc(c1OC(=O)c1cccnc1)C2. The van der Waals surface area contributed by atoms with Gasteiger partial charge >= 0.3 is 35.8 Å². The molecule has 0 unspecified atom stereocenters. The first kappa shape index (κ1) is 103. The van der Waals surface area contributed by atoms with Crippen molar-refractivity contribution >= 4 is 35.8 Å². The Morgan fingerprint density at radius 3 is 0.410 bits per heavy atom. The van der Waals surface area contributed by atoms with E-state index < -0.39 is 79.1 Å². The van der Waals surface area contributed by atoms with Crippen LogP contribution in [0.1, 0.15) is 362 Å². The van der Waals surface area contributed by atoms with E-state index in [1.165, 1.54) is 37.2 Å². The molecule has 2 N–H and O–H groups in total. The molecule has 0 atom stereocenters. The van der Waals surface area contributed by atoms with Gasteiger partial charge in [0.25, 0.3) is 0 Å². The standard InChI is InChI=1S/C124H130N6O14/c1-117(2,3)95-51-79-43-83-55-97(119(7,8)9)59-87(105(83)139-111(133)73-31-25-37-125-67-73)47-91-63-101(123(19,20)21)65-93(109(91)143-115(137)77-35-29-41-129-71-77)49-89-61-99(121(13,14)15)57-85(107(89)141-113(135)75-33-27-39-127-69-75)45-81-53-96(118(4,5)6)54-82(104(81)132)46-86-58-100(122(16,17)18)62-90(108(86)142-114(136)76-34-28-40-128-70-76)50-94-66-102(124(22,23)24)64-92(110(94)144-116(138)78-36-30-42-130-72-78)48-88-60-98(120(10,11)12)56-84(44-80(52-95)103(79)131)106(88)140-112(134)74-32-26-38-126-68-74/h25-42,51-72,131-132H,43-50H2,1-24H3. The molecule has 0 amide bonds. The van der Waals surface area contributed by atoms with E-state index in [0.717, 1.165) is 44.5 Å². The largest absolute Gasteiger partial charge is 0.507 e. The molecule has 0 spiro atoms. The lowest BCUT2D eigenvalue weighted by molar-refractivity contribution is 0.0719. The molecule has 6 aromatic heterocycles.